The number of Topliss-reactive ketones (excluding diaryl/α,β-unsaturated/α-hetero) is 1. The van der Waals surface area contributed by atoms with Gasteiger partial charge in [0.15, 0.2) is 0 Å². The van der Waals surface area contributed by atoms with E-state index in [0.29, 0.717) is 4.47 Å². The van der Waals surface area contributed by atoms with Crippen molar-refractivity contribution in [2.24, 2.45) is 0 Å². The van der Waals surface area contributed by atoms with Crippen LogP contribution in [0.3, 0.4) is 0 Å². The van der Waals surface area contributed by atoms with Gasteiger partial charge in [-0.05, 0) is 29.8 Å². The highest BCUT2D eigenvalue weighted by atomic mass is 79.9. The summed E-state index contributed by atoms with van der Waals surface area (Å²) >= 11 is 3.22. The van der Waals surface area contributed by atoms with Crippen molar-refractivity contribution in [2.75, 3.05) is 6.54 Å². The second-order valence-corrected chi connectivity index (χ2v) is 9.76. The van der Waals surface area contributed by atoms with Crippen LogP contribution < -0.4 is 0 Å². The number of nitro groups is 1. The summed E-state index contributed by atoms with van der Waals surface area (Å²) in [5, 5.41) is 7.83. The lowest BCUT2D eigenvalue weighted by atomic mass is 9.89. The predicted molar refractivity (Wildman–Crippen MR) is 117 cm³/mol. The maximum Gasteiger partial charge on any atom is 0.289 e. The van der Waals surface area contributed by atoms with Gasteiger partial charge in [0.05, 0.1) is 4.90 Å². The number of ketones is 1. The number of sulfone groups is 1. The summed E-state index contributed by atoms with van der Waals surface area (Å²) in [6.45, 7) is -1.09. The highest BCUT2D eigenvalue weighted by Crippen LogP contribution is 2.43. The number of carbonyl (C=O) groups is 1. The summed E-state index contributed by atoms with van der Waals surface area (Å²) in [4.78, 5) is 23.5. The van der Waals surface area contributed by atoms with Gasteiger partial charge in [-0.15, -0.1) is 0 Å². The fourth-order valence-corrected chi connectivity index (χ4v) is 5.38. The zero-order valence-electron chi connectivity index (χ0n) is 16.0. The monoisotopic (exact) mass is 505 g/mol. The van der Waals surface area contributed by atoms with Crippen LogP contribution >= 0.6 is 15.9 Å². The molecule has 0 saturated heterocycles. The fourth-order valence-electron chi connectivity index (χ4n) is 3.31. The van der Waals surface area contributed by atoms with E-state index < -0.39 is 42.9 Å². The van der Waals surface area contributed by atoms with Gasteiger partial charge in [-0.25, -0.2) is 12.8 Å². The molecule has 0 spiro atoms. The molecule has 3 aromatic rings. The lowest BCUT2D eigenvalue weighted by Gasteiger charge is -2.30. The molecule has 160 valence electrons. The molecular formula is C22H17BrFNO5S. The first-order valence-electron chi connectivity index (χ1n) is 9.13. The Labute approximate surface area is 186 Å². The molecule has 0 unspecified atom stereocenters. The average molecular weight is 506 g/mol. The summed E-state index contributed by atoms with van der Waals surface area (Å²) < 4.78 is 44.5. The van der Waals surface area contributed by atoms with E-state index in [1.54, 1.807) is 12.1 Å². The number of rotatable bonds is 8. The van der Waals surface area contributed by atoms with Crippen LogP contribution in [0.4, 0.5) is 4.39 Å². The smallest absolute Gasteiger partial charge is 0.289 e. The van der Waals surface area contributed by atoms with E-state index in [1.807, 2.05) is 0 Å². The Bertz CT molecular complexity index is 1190. The van der Waals surface area contributed by atoms with Gasteiger partial charge in [-0.3, -0.25) is 14.9 Å². The fraction of sp³-hybridized carbons (Fsp3) is 0.136. The highest BCUT2D eigenvalue weighted by Gasteiger charge is 2.60. The molecule has 0 N–H and O–H groups in total. The van der Waals surface area contributed by atoms with Crippen LogP contribution in [0.2, 0.25) is 0 Å². The predicted octanol–water partition coefficient (Wildman–Crippen LogP) is 4.83. The third-order valence-corrected chi connectivity index (χ3v) is 7.52. The molecule has 0 aromatic heterocycles. The second kappa shape index (κ2) is 9.07. The van der Waals surface area contributed by atoms with Crippen molar-refractivity contribution >= 4 is 31.6 Å². The van der Waals surface area contributed by atoms with Crippen LogP contribution in [0.25, 0.3) is 0 Å². The number of alkyl halides is 1. The minimum Gasteiger partial charge on any atom is -0.289 e. The van der Waals surface area contributed by atoms with E-state index in [2.05, 4.69) is 15.9 Å². The number of benzene rings is 3. The van der Waals surface area contributed by atoms with E-state index in [4.69, 9.17) is 0 Å². The third kappa shape index (κ3) is 4.42. The first-order valence-corrected chi connectivity index (χ1v) is 11.4. The lowest BCUT2D eigenvalue weighted by molar-refractivity contribution is -0.484. The molecule has 0 heterocycles. The van der Waals surface area contributed by atoms with Crippen LogP contribution in [-0.4, -0.2) is 30.7 Å². The van der Waals surface area contributed by atoms with Gasteiger partial charge >= 0.3 is 0 Å². The van der Waals surface area contributed by atoms with Gasteiger partial charge < -0.3 is 0 Å². The molecule has 0 fully saturated rings. The normalized spacial score (nSPS) is 14.4. The number of nitrogens with zero attached hydrogens (tertiary/aromatic N) is 1. The quantitative estimate of drug-likeness (QED) is 0.248. The topological polar surface area (TPSA) is 94.3 Å². The third-order valence-electron chi connectivity index (χ3n) is 4.84. The van der Waals surface area contributed by atoms with Gasteiger partial charge in [-0.1, -0.05) is 76.6 Å². The Kier molecular flexibility index (Phi) is 6.66. The highest BCUT2D eigenvalue weighted by molar-refractivity contribution is 9.10. The van der Waals surface area contributed by atoms with Crippen molar-refractivity contribution in [3.63, 3.8) is 0 Å². The standard InChI is InChI=1S/C22H17BrFNO5S/c23-18-13-11-16(12-14-18)20(15-25(27)28)22(24,21(26)17-7-3-1-4-8-17)31(29,30)19-9-5-2-6-10-19/h1-14,20H,15H2/t20-,22+/m1/s1. The van der Waals surface area contributed by atoms with Crippen molar-refractivity contribution in [2.45, 2.75) is 15.8 Å². The Hall–Kier alpha value is -2.91. The van der Waals surface area contributed by atoms with E-state index in [0.717, 1.165) is 12.1 Å². The van der Waals surface area contributed by atoms with Gasteiger partial charge in [0.25, 0.3) is 5.00 Å². The summed E-state index contributed by atoms with van der Waals surface area (Å²) in [5.41, 5.74) is -0.179. The summed E-state index contributed by atoms with van der Waals surface area (Å²) in [6.07, 6.45) is 0. The SMILES string of the molecule is O=C(c1ccccc1)[C@](F)([C@H](C[N+](=O)[O-])c1ccc(Br)cc1)S(=O)(=O)c1ccccc1. The molecule has 0 amide bonds. The van der Waals surface area contributed by atoms with E-state index in [-0.39, 0.29) is 11.1 Å². The summed E-state index contributed by atoms with van der Waals surface area (Å²) in [7, 11) is -4.98. The molecule has 6 nitrogen and oxygen atoms in total. The Morgan fingerprint density at radius 1 is 0.968 bits per heavy atom. The Morgan fingerprint density at radius 3 is 2.00 bits per heavy atom. The number of hydrogen-bond acceptors (Lipinski definition) is 5. The number of halogens is 2. The van der Waals surface area contributed by atoms with Crippen LogP contribution in [0.15, 0.2) is 94.3 Å². The molecule has 3 rings (SSSR count). The van der Waals surface area contributed by atoms with Gasteiger partial charge in [0, 0.05) is 15.0 Å². The van der Waals surface area contributed by atoms with Crippen molar-refractivity contribution in [3.8, 4) is 0 Å². The molecule has 3 aromatic carbocycles. The minimum atomic E-state index is -4.98. The van der Waals surface area contributed by atoms with E-state index in [1.165, 1.54) is 60.7 Å². The van der Waals surface area contributed by atoms with E-state index in [9.17, 15) is 23.3 Å². The molecule has 0 saturated carbocycles. The summed E-state index contributed by atoms with van der Waals surface area (Å²) in [5.74, 6) is -3.24. The van der Waals surface area contributed by atoms with Crippen molar-refractivity contribution in [1.82, 2.24) is 0 Å². The molecule has 0 aliphatic heterocycles. The number of carbonyl (C=O) groups excluding carboxylic acids is 1. The first kappa shape index (κ1) is 22.8. The molecule has 9 heteroatoms. The van der Waals surface area contributed by atoms with Gasteiger partial charge in [-0.2, -0.15) is 0 Å². The Balaban J connectivity index is 2.31. The zero-order chi connectivity index (χ0) is 22.6. The van der Waals surface area contributed by atoms with Gasteiger partial charge in [0.1, 0.15) is 5.92 Å². The van der Waals surface area contributed by atoms with Crippen LogP contribution in [0.1, 0.15) is 21.8 Å². The molecule has 0 radical (unpaired) electrons. The first-order chi connectivity index (χ1) is 14.7. The van der Waals surface area contributed by atoms with Crippen LogP contribution in [0, 0.1) is 10.1 Å². The molecule has 31 heavy (non-hydrogen) atoms. The average Bonchev–Trinajstić information content (AvgIpc) is 2.78. The molecule has 2 atom stereocenters. The maximum atomic E-state index is 16.9. The van der Waals surface area contributed by atoms with Crippen LogP contribution in [0.5, 0.6) is 0 Å². The largest absolute Gasteiger partial charge is 0.289 e. The zero-order valence-corrected chi connectivity index (χ0v) is 18.4. The van der Waals surface area contributed by atoms with Crippen molar-refractivity contribution < 1.29 is 22.5 Å². The Morgan fingerprint density at radius 2 is 1.48 bits per heavy atom. The molecule has 0 aliphatic rings. The molecule has 0 bridgehead atoms. The molecule has 0 aliphatic carbocycles. The summed E-state index contributed by atoms with van der Waals surface area (Å²) in [6, 6.07) is 19.5. The number of hydrogen-bond donors (Lipinski definition) is 0. The van der Waals surface area contributed by atoms with Crippen molar-refractivity contribution in [3.05, 3.63) is 111 Å². The van der Waals surface area contributed by atoms with Crippen LogP contribution in [-0.2, 0) is 9.84 Å². The van der Waals surface area contributed by atoms with Gasteiger partial charge in [0.2, 0.25) is 22.2 Å². The second-order valence-electron chi connectivity index (χ2n) is 6.78. The molecular weight excluding hydrogens is 489 g/mol. The minimum absolute atomic E-state index is 0.0196. The van der Waals surface area contributed by atoms with E-state index >= 15 is 4.39 Å². The van der Waals surface area contributed by atoms with Crippen molar-refractivity contribution in [1.29, 1.82) is 0 Å². The lowest BCUT2D eigenvalue weighted by Crippen LogP contribution is -2.49. The maximum absolute atomic E-state index is 16.9.